The van der Waals surface area contributed by atoms with Crippen molar-refractivity contribution < 1.29 is 22.8 Å². The maximum atomic E-state index is 13.6. The number of amides is 2. The van der Waals surface area contributed by atoms with Crippen molar-refractivity contribution in [2.75, 3.05) is 19.6 Å². The van der Waals surface area contributed by atoms with E-state index in [9.17, 15) is 18.4 Å². The normalized spacial score (nSPS) is 14.8. The van der Waals surface area contributed by atoms with Crippen LogP contribution in [0.2, 0.25) is 0 Å². The van der Waals surface area contributed by atoms with E-state index in [0.29, 0.717) is 25.0 Å². The number of carbonyl (C=O) groups excluding carboxylic acids is 2. The Bertz CT molecular complexity index is 1040. The van der Waals surface area contributed by atoms with Crippen LogP contribution in [-0.4, -0.2) is 41.3 Å². The van der Waals surface area contributed by atoms with E-state index in [1.54, 1.807) is 4.90 Å². The molecule has 0 radical (unpaired) electrons. The molecule has 1 aliphatic heterocycles. The van der Waals surface area contributed by atoms with Crippen molar-refractivity contribution in [1.82, 2.24) is 15.2 Å². The van der Waals surface area contributed by atoms with Gasteiger partial charge in [-0.2, -0.15) is 0 Å². The molecule has 0 unspecified atom stereocenters. The second-order valence-corrected chi connectivity index (χ2v) is 7.30. The minimum absolute atomic E-state index is 0.0779. The molecule has 1 saturated heterocycles. The molecule has 0 aliphatic carbocycles. The lowest BCUT2D eigenvalue weighted by molar-refractivity contribution is -0.132. The molecule has 0 atom stereocenters. The Morgan fingerprint density at radius 1 is 1.13 bits per heavy atom. The number of halogens is 2. The molecule has 1 aromatic heterocycles. The van der Waals surface area contributed by atoms with Gasteiger partial charge >= 0.3 is 0 Å². The second kappa shape index (κ2) is 8.61. The van der Waals surface area contributed by atoms with Crippen LogP contribution in [0.1, 0.15) is 41.4 Å². The van der Waals surface area contributed by atoms with Crippen LogP contribution in [0, 0.1) is 11.6 Å². The van der Waals surface area contributed by atoms with E-state index in [4.69, 9.17) is 4.42 Å². The number of carbonyl (C=O) groups is 2. The quantitative estimate of drug-likeness (QED) is 0.693. The summed E-state index contributed by atoms with van der Waals surface area (Å²) in [5.74, 6) is -1.55. The molecule has 6 nitrogen and oxygen atoms in total. The summed E-state index contributed by atoms with van der Waals surface area (Å²) < 4.78 is 32.4. The summed E-state index contributed by atoms with van der Waals surface area (Å²) in [4.78, 5) is 30.7. The number of nitrogens with zero attached hydrogens (tertiary/aromatic N) is 2. The van der Waals surface area contributed by atoms with Crippen molar-refractivity contribution in [1.29, 1.82) is 0 Å². The Hall–Kier alpha value is -3.29. The maximum Gasteiger partial charge on any atom is 0.254 e. The van der Waals surface area contributed by atoms with Gasteiger partial charge in [-0.05, 0) is 37.1 Å². The van der Waals surface area contributed by atoms with E-state index in [-0.39, 0.29) is 30.4 Å². The summed E-state index contributed by atoms with van der Waals surface area (Å²) in [7, 11) is 0. The predicted molar refractivity (Wildman–Crippen MR) is 106 cm³/mol. The summed E-state index contributed by atoms with van der Waals surface area (Å²) in [5, 5.41) is 2.50. The zero-order chi connectivity index (χ0) is 21.1. The first-order valence-electron chi connectivity index (χ1n) is 9.88. The second-order valence-electron chi connectivity index (χ2n) is 7.30. The van der Waals surface area contributed by atoms with Crippen LogP contribution in [0.25, 0.3) is 11.1 Å². The van der Waals surface area contributed by atoms with Gasteiger partial charge in [-0.3, -0.25) is 9.59 Å². The molecule has 1 fully saturated rings. The molecule has 30 heavy (non-hydrogen) atoms. The average molecular weight is 413 g/mol. The SMILES string of the molecule is O=C(NCCC(=O)N1CCC(c2nc3ccccc3o2)CC1)c1ccc(F)cc1F. The van der Waals surface area contributed by atoms with Crippen LogP contribution in [0.4, 0.5) is 8.78 Å². The average Bonchev–Trinajstić information content (AvgIpc) is 3.18. The standard InChI is InChI=1S/C22H21F2N3O3/c23-15-5-6-16(17(24)13-15)21(29)25-10-7-20(28)27-11-8-14(9-12-27)22-26-18-3-1-2-4-19(18)30-22/h1-6,13-14H,7-12H2,(H,25,29). The molecule has 8 heteroatoms. The molecule has 0 spiro atoms. The number of para-hydroxylation sites is 2. The zero-order valence-corrected chi connectivity index (χ0v) is 16.2. The highest BCUT2D eigenvalue weighted by atomic mass is 19.1. The van der Waals surface area contributed by atoms with Gasteiger partial charge in [0.1, 0.15) is 17.2 Å². The first-order valence-corrected chi connectivity index (χ1v) is 9.88. The van der Waals surface area contributed by atoms with Gasteiger partial charge in [-0.1, -0.05) is 12.1 Å². The molecule has 2 heterocycles. The number of aromatic nitrogens is 1. The Labute approximate surface area is 171 Å². The molecule has 2 aromatic carbocycles. The van der Waals surface area contributed by atoms with E-state index < -0.39 is 17.5 Å². The first-order chi connectivity index (χ1) is 14.5. The molecule has 2 amide bonds. The molecule has 4 rings (SSSR count). The molecular formula is C22H21F2N3O3. The number of hydrogen-bond donors (Lipinski definition) is 1. The monoisotopic (exact) mass is 413 g/mol. The van der Waals surface area contributed by atoms with E-state index in [1.165, 1.54) is 0 Å². The Morgan fingerprint density at radius 2 is 1.90 bits per heavy atom. The lowest BCUT2D eigenvalue weighted by atomic mass is 9.96. The fourth-order valence-corrected chi connectivity index (χ4v) is 3.65. The summed E-state index contributed by atoms with van der Waals surface area (Å²) in [6.45, 7) is 1.26. The van der Waals surface area contributed by atoms with Crippen molar-refractivity contribution in [3.8, 4) is 0 Å². The molecule has 0 saturated carbocycles. The van der Waals surface area contributed by atoms with E-state index in [0.717, 1.165) is 36.1 Å². The largest absolute Gasteiger partial charge is 0.440 e. The zero-order valence-electron chi connectivity index (χ0n) is 16.2. The predicted octanol–water partition coefficient (Wildman–Crippen LogP) is 3.63. The Balaban J connectivity index is 1.25. The van der Waals surface area contributed by atoms with Gasteiger partial charge in [0.25, 0.3) is 5.91 Å². The van der Waals surface area contributed by atoms with Crippen LogP contribution >= 0.6 is 0 Å². The van der Waals surface area contributed by atoms with Crippen LogP contribution in [0.15, 0.2) is 46.9 Å². The molecule has 156 valence electrons. The number of piperidine rings is 1. The summed E-state index contributed by atoms with van der Waals surface area (Å²) in [6.07, 6.45) is 1.62. The van der Waals surface area contributed by atoms with Gasteiger partial charge in [0.15, 0.2) is 11.5 Å². The summed E-state index contributed by atoms with van der Waals surface area (Å²) in [6, 6.07) is 10.4. The van der Waals surface area contributed by atoms with Crippen LogP contribution in [-0.2, 0) is 4.79 Å². The van der Waals surface area contributed by atoms with Crippen LogP contribution < -0.4 is 5.32 Å². The van der Waals surface area contributed by atoms with Gasteiger partial charge in [-0.15, -0.1) is 0 Å². The van der Waals surface area contributed by atoms with Crippen molar-refractivity contribution >= 4 is 22.9 Å². The Morgan fingerprint density at radius 3 is 2.63 bits per heavy atom. The lowest BCUT2D eigenvalue weighted by Gasteiger charge is -2.30. The molecular weight excluding hydrogens is 392 g/mol. The highest BCUT2D eigenvalue weighted by molar-refractivity contribution is 5.94. The number of nitrogens with one attached hydrogen (secondary N) is 1. The number of rotatable bonds is 5. The Kier molecular flexibility index (Phi) is 5.74. The molecule has 0 bridgehead atoms. The number of likely N-dealkylation sites (tertiary alicyclic amines) is 1. The molecule has 1 aliphatic rings. The summed E-state index contributed by atoms with van der Waals surface area (Å²) in [5.41, 5.74) is 1.35. The summed E-state index contributed by atoms with van der Waals surface area (Å²) >= 11 is 0. The van der Waals surface area contributed by atoms with E-state index in [1.807, 2.05) is 24.3 Å². The molecule has 3 aromatic rings. The van der Waals surface area contributed by atoms with Crippen molar-refractivity contribution in [2.45, 2.75) is 25.2 Å². The van der Waals surface area contributed by atoms with Gasteiger partial charge in [0.05, 0.1) is 5.56 Å². The number of hydrogen-bond acceptors (Lipinski definition) is 4. The van der Waals surface area contributed by atoms with Gasteiger partial charge in [-0.25, -0.2) is 13.8 Å². The third kappa shape index (κ3) is 4.32. The van der Waals surface area contributed by atoms with Crippen LogP contribution in [0.5, 0.6) is 0 Å². The van der Waals surface area contributed by atoms with Gasteiger partial charge in [0.2, 0.25) is 5.91 Å². The fraction of sp³-hybridized carbons (Fsp3) is 0.318. The fourth-order valence-electron chi connectivity index (χ4n) is 3.65. The van der Waals surface area contributed by atoms with Gasteiger partial charge < -0.3 is 14.6 Å². The smallest absolute Gasteiger partial charge is 0.254 e. The lowest BCUT2D eigenvalue weighted by Crippen LogP contribution is -2.39. The first kappa shape index (κ1) is 20.0. The van der Waals surface area contributed by atoms with E-state index in [2.05, 4.69) is 10.3 Å². The van der Waals surface area contributed by atoms with E-state index >= 15 is 0 Å². The van der Waals surface area contributed by atoms with Crippen molar-refractivity contribution in [2.24, 2.45) is 0 Å². The number of oxazole rings is 1. The highest BCUT2D eigenvalue weighted by Crippen LogP contribution is 2.30. The third-order valence-electron chi connectivity index (χ3n) is 5.31. The maximum absolute atomic E-state index is 13.6. The van der Waals surface area contributed by atoms with Crippen molar-refractivity contribution in [3.63, 3.8) is 0 Å². The number of benzene rings is 2. The highest BCUT2D eigenvalue weighted by Gasteiger charge is 2.27. The minimum Gasteiger partial charge on any atom is -0.440 e. The van der Waals surface area contributed by atoms with Gasteiger partial charge in [0, 0.05) is 38.0 Å². The van der Waals surface area contributed by atoms with Crippen LogP contribution in [0.3, 0.4) is 0 Å². The molecule has 1 N–H and O–H groups in total. The third-order valence-corrected chi connectivity index (χ3v) is 5.31. The topological polar surface area (TPSA) is 75.4 Å². The minimum atomic E-state index is -0.930. The number of fused-ring (bicyclic) bond motifs is 1. The van der Waals surface area contributed by atoms with Crippen molar-refractivity contribution in [3.05, 3.63) is 65.6 Å².